The molecule has 0 fully saturated rings. The number of benzene rings is 1. The van der Waals surface area contributed by atoms with Crippen LogP contribution in [-0.4, -0.2) is 35.6 Å². The Hall–Kier alpha value is -2.02. The Kier molecular flexibility index (Phi) is 6.65. The van der Waals surface area contributed by atoms with Gasteiger partial charge in [-0.25, -0.2) is 8.78 Å². The minimum Gasteiger partial charge on any atom is -0.464 e. The largest absolute Gasteiger partial charge is 0.464 e. The van der Waals surface area contributed by atoms with E-state index in [1.807, 2.05) is 6.92 Å². The first-order valence-corrected chi connectivity index (χ1v) is 10.6. The first-order valence-electron chi connectivity index (χ1n) is 9.44. The molecule has 1 heterocycles. The minimum atomic E-state index is -1.01. The van der Waals surface area contributed by atoms with Gasteiger partial charge in [-0.2, -0.15) is 11.8 Å². The van der Waals surface area contributed by atoms with Crippen LogP contribution in [0.4, 0.5) is 8.78 Å². The molecule has 2 aliphatic rings. The lowest BCUT2D eigenvalue weighted by Crippen LogP contribution is -2.37. The van der Waals surface area contributed by atoms with Crippen LogP contribution >= 0.6 is 11.8 Å². The van der Waals surface area contributed by atoms with Gasteiger partial charge in [0.05, 0.1) is 0 Å². The second-order valence-electron chi connectivity index (χ2n) is 6.88. The van der Waals surface area contributed by atoms with Crippen molar-refractivity contribution in [3.05, 3.63) is 46.7 Å². The van der Waals surface area contributed by atoms with Gasteiger partial charge in [-0.15, -0.1) is 0 Å². The molecule has 0 saturated heterocycles. The van der Waals surface area contributed by atoms with Crippen LogP contribution in [0.1, 0.15) is 44.6 Å². The molecule has 0 aromatic heterocycles. The fourth-order valence-corrected chi connectivity index (χ4v) is 4.30. The molecule has 1 unspecified atom stereocenters. The zero-order valence-electron chi connectivity index (χ0n) is 16.0. The molecule has 2 atom stereocenters. The highest BCUT2D eigenvalue weighted by molar-refractivity contribution is 7.99. The predicted molar refractivity (Wildman–Crippen MR) is 106 cm³/mol. The van der Waals surface area contributed by atoms with Gasteiger partial charge in [0, 0.05) is 35.1 Å². The maximum Gasteiger partial charge on any atom is 0.315 e. The van der Waals surface area contributed by atoms with E-state index >= 15 is 0 Å². The lowest BCUT2D eigenvalue weighted by molar-refractivity contribution is -0.145. The van der Waals surface area contributed by atoms with E-state index in [-0.39, 0.29) is 12.4 Å². The number of allylic oxidation sites excluding steroid dienone is 2. The van der Waals surface area contributed by atoms with Crippen LogP contribution in [0.5, 0.6) is 0 Å². The molecule has 1 aromatic rings. The van der Waals surface area contributed by atoms with Gasteiger partial charge in [-0.3, -0.25) is 14.6 Å². The number of hydrogen-bond acceptors (Lipinski definition) is 5. The van der Waals surface area contributed by atoms with Crippen molar-refractivity contribution in [2.24, 2.45) is 10.9 Å². The number of esters is 1. The van der Waals surface area contributed by atoms with E-state index in [1.54, 1.807) is 18.7 Å². The molecule has 0 spiro atoms. The first kappa shape index (κ1) is 20.7. The molecule has 0 bridgehead atoms. The predicted octanol–water partition coefficient (Wildman–Crippen LogP) is 4.44. The molecule has 3 rings (SSSR count). The molecule has 1 aromatic carbocycles. The molecule has 0 N–H and O–H groups in total. The molecular weight excluding hydrogens is 384 g/mol. The molecule has 28 heavy (non-hydrogen) atoms. The van der Waals surface area contributed by atoms with Gasteiger partial charge < -0.3 is 4.74 Å². The van der Waals surface area contributed by atoms with E-state index in [9.17, 15) is 18.4 Å². The Labute approximate surface area is 167 Å². The molecule has 7 heteroatoms. The smallest absolute Gasteiger partial charge is 0.315 e. The van der Waals surface area contributed by atoms with Gasteiger partial charge >= 0.3 is 5.97 Å². The molecule has 1 aliphatic carbocycles. The number of Topliss-reactive ketones (excluding diaryl/α,β-unsaturated/α-hetero) is 1. The van der Waals surface area contributed by atoms with Crippen molar-refractivity contribution >= 4 is 29.2 Å². The monoisotopic (exact) mass is 407 g/mol. The van der Waals surface area contributed by atoms with Crippen LogP contribution < -0.4 is 0 Å². The van der Waals surface area contributed by atoms with Gasteiger partial charge in [0.25, 0.3) is 0 Å². The number of carbonyl (C=O) groups is 2. The van der Waals surface area contributed by atoms with Crippen LogP contribution in [-0.2, 0) is 14.3 Å². The van der Waals surface area contributed by atoms with Crippen LogP contribution in [0.3, 0.4) is 0 Å². The number of nitrogens with zero attached hydrogens (tertiary/aromatic N) is 1. The van der Waals surface area contributed by atoms with Crippen molar-refractivity contribution < 1.29 is 23.1 Å². The van der Waals surface area contributed by atoms with Crippen molar-refractivity contribution in [1.82, 2.24) is 0 Å². The zero-order chi connectivity index (χ0) is 20.3. The third-order valence-electron chi connectivity index (χ3n) is 5.07. The van der Waals surface area contributed by atoms with Crippen molar-refractivity contribution in [3.63, 3.8) is 0 Å². The fraction of sp³-hybridized carbons (Fsp3) is 0.476. The van der Waals surface area contributed by atoms with E-state index in [0.717, 1.165) is 17.9 Å². The molecule has 1 aliphatic heterocycles. The average Bonchev–Trinajstić information content (AvgIpc) is 2.66. The highest BCUT2D eigenvalue weighted by Gasteiger charge is 2.43. The Morgan fingerprint density at radius 3 is 2.79 bits per heavy atom. The van der Waals surface area contributed by atoms with E-state index in [0.29, 0.717) is 47.6 Å². The highest BCUT2D eigenvalue weighted by Crippen LogP contribution is 2.43. The lowest BCUT2D eigenvalue weighted by atomic mass is 9.72. The first-order chi connectivity index (χ1) is 13.4. The summed E-state index contributed by atoms with van der Waals surface area (Å²) in [5, 5.41) is 0. The Bertz CT molecular complexity index is 850. The molecule has 0 radical (unpaired) electrons. The van der Waals surface area contributed by atoms with E-state index < -0.39 is 29.4 Å². The van der Waals surface area contributed by atoms with Crippen molar-refractivity contribution in [2.45, 2.75) is 39.0 Å². The van der Waals surface area contributed by atoms with Crippen molar-refractivity contribution in [3.8, 4) is 0 Å². The van der Waals surface area contributed by atoms with E-state index in [2.05, 4.69) is 4.99 Å². The number of hydrogen-bond donors (Lipinski definition) is 0. The molecular formula is C21H23F2NO3S. The number of carbonyl (C=O) groups excluding carboxylic acids is 2. The van der Waals surface area contributed by atoms with Crippen molar-refractivity contribution in [2.75, 3.05) is 18.1 Å². The number of halogens is 2. The number of rotatable bonds is 6. The lowest BCUT2D eigenvalue weighted by Gasteiger charge is -2.34. The summed E-state index contributed by atoms with van der Waals surface area (Å²) in [4.78, 5) is 30.1. The number of thioether (sulfide) groups is 1. The molecule has 0 amide bonds. The highest BCUT2D eigenvalue weighted by atomic mass is 32.2. The van der Waals surface area contributed by atoms with Crippen LogP contribution in [0.25, 0.3) is 0 Å². The molecule has 150 valence electrons. The summed E-state index contributed by atoms with van der Waals surface area (Å²) < 4.78 is 32.9. The van der Waals surface area contributed by atoms with Gasteiger partial charge in [-0.1, -0.05) is 13.0 Å². The third kappa shape index (κ3) is 4.19. The number of aliphatic imine (C=N–C) groups is 1. The summed E-state index contributed by atoms with van der Waals surface area (Å²) in [5.41, 5.74) is 2.01. The van der Waals surface area contributed by atoms with Crippen molar-refractivity contribution in [1.29, 1.82) is 0 Å². The number of ether oxygens (including phenoxy) is 1. The summed E-state index contributed by atoms with van der Waals surface area (Å²) >= 11 is 1.65. The maximum absolute atomic E-state index is 13.9. The summed E-state index contributed by atoms with van der Waals surface area (Å²) in [6.45, 7) is 4.00. The summed E-state index contributed by atoms with van der Waals surface area (Å²) in [5.74, 6) is -2.49. The molecule has 0 saturated carbocycles. The summed E-state index contributed by atoms with van der Waals surface area (Å²) in [6, 6.07) is 3.53. The maximum atomic E-state index is 13.9. The van der Waals surface area contributed by atoms with Gasteiger partial charge in [-0.05, 0) is 43.2 Å². The third-order valence-corrected chi connectivity index (χ3v) is 5.93. The zero-order valence-corrected chi connectivity index (χ0v) is 16.8. The fourth-order valence-electron chi connectivity index (χ4n) is 3.81. The average molecular weight is 407 g/mol. The van der Waals surface area contributed by atoms with E-state index in [1.165, 1.54) is 6.07 Å². The van der Waals surface area contributed by atoms with Crippen LogP contribution in [0.15, 0.2) is 34.5 Å². The SMILES string of the molecule is CCSCCOC(=O)C1C(C)=NC2=C(C(=O)CCC2)[C@@H]1c1ccc(F)c(F)c1. The molecule has 4 nitrogen and oxygen atoms in total. The van der Waals surface area contributed by atoms with Crippen LogP contribution in [0, 0.1) is 17.6 Å². The second kappa shape index (κ2) is 8.99. The Morgan fingerprint density at radius 1 is 1.29 bits per heavy atom. The topological polar surface area (TPSA) is 55.7 Å². The standard InChI is InChI=1S/C21H23F2NO3S/c1-3-28-10-9-27-21(26)18-12(2)24-16-5-4-6-17(25)20(16)19(18)13-7-8-14(22)15(23)11-13/h7-8,11,18-19H,3-6,9-10H2,1-2H3/t18?,19-/m1/s1. The van der Waals surface area contributed by atoms with Gasteiger partial charge in [0.15, 0.2) is 17.4 Å². The minimum absolute atomic E-state index is 0.0911. The van der Waals surface area contributed by atoms with Gasteiger partial charge in [0.1, 0.15) is 12.5 Å². The van der Waals surface area contributed by atoms with E-state index in [4.69, 9.17) is 4.74 Å². The van der Waals surface area contributed by atoms with Crippen LogP contribution in [0.2, 0.25) is 0 Å². The quantitative estimate of drug-likeness (QED) is 0.517. The Morgan fingerprint density at radius 2 is 2.07 bits per heavy atom. The number of ketones is 1. The Balaban J connectivity index is 2.00. The second-order valence-corrected chi connectivity index (χ2v) is 8.28. The summed E-state index contributed by atoms with van der Waals surface area (Å²) in [6.07, 6.45) is 1.69. The normalized spacial score (nSPS) is 22.0. The van der Waals surface area contributed by atoms with Gasteiger partial charge in [0.2, 0.25) is 0 Å². The summed E-state index contributed by atoms with van der Waals surface area (Å²) in [7, 11) is 0.